The summed E-state index contributed by atoms with van der Waals surface area (Å²) in [6, 6.07) is 1.31. The van der Waals surface area contributed by atoms with Crippen LogP contribution in [0, 0.1) is 5.92 Å². The zero-order valence-corrected chi connectivity index (χ0v) is 13.0. The fourth-order valence-corrected chi connectivity index (χ4v) is 8.30. The van der Waals surface area contributed by atoms with Gasteiger partial charge in [0.1, 0.15) is 0 Å². The maximum absolute atomic E-state index is 6.46. The van der Waals surface area contributed by atoms with Gasteiger partial charge < -0.3 is 4.43 Å². The van der Waals surface area contributed by atoms with Crippen molar-refractivity contribution in [1.29, 1.82) is 0 Å². The highest BCUT2D eigenvalue weighted by molar-refractivity contribution is 6.76. The highest BCUT2D eigenvalue weighted by Crippen LogP contribution is 2.50. The second-order valence-electron chi connectivity index (χ2n) is 6.41. The van der Waals surface area contributed by atoms with Crippen molar-refractivity contribution in [1.82, 2.24) is 0 Å². The summed E-state index contributed by atoms with van der Waals surface area (Å²) < 4.78 is 6.46. The standard InChI is InChI=1S/C15H26OSi/c1-10(2)17(11(3)4)9-14-7-12(5)13(6)15(14)8-16-17/h10-11,14H,5,7-9H2,1-4,6H3. The first-order valence-electron chi connectivity index (χ1n) is 6.90. The third-order valence-corrected chi connectivity index (χ3v) is 10.7. The van der Waals surface area contributed by atoms with Crippen LogP contribution in [0.5, 0.6) is 0 Å². The molecule has 2 rings (SSSR count). The van der Waals surface area contributed by atoms with E-state index >= 15 is 0 Å². The molecule has 1 unspecified atom stereocenters. The van der Waals surface area contributed by atoms with Crippen LogP contribution in [0.4, 0.5) is 0 Å². The van der Waals surface area contributed by atoms with Crippen molar-refractivity contribution in [2.24, 2.45) is 5.92 Å². The predicted octanol–water partition coefficient (Wildman–Crippen LogP) is 4.67. The summed E-state index contributed by atoms with van der Waals surface area (Å²) in [7, 11) is -1.56. The average Bonchev–Trinajstić information content (AvgIpc) is 2.53. The Morgan fingerprint density at radius 1 is 1.24 bits per heavy atom. The molecule has 0 amide bonds. The Hall–Kier alpha value is -0.343. The number of fused-ring (bicyclic) bond motifs is 1. The number of hydrogen-bond donors (Lipinski definition) is 0. The van der Waals surface area contributed by atoms with Crippen LogP contribution in [0.25, 0.3) is 0 Å². The Kier molecular flexibility index (Phi) is 3.39. The van der Waals surface area contributed by atoms with E-state index in [0.29, 0.717) is 0 Å². The van der Waals surface area contributed by atoms with E-state index in [2.05, 4.69) is 41.2 Å². The molecule has 1 aliphatic carbocycles. The molecule has 1 saturated heterocycles. The normalized spacial score (nSPS) is 28.2. The third kappa shape index (κ3) is 1.95. The molecule has 17 heavy (non-hydrogen) atoms. The smallest absolute Gasteiger partial charge is 0.198 e. The SMILES string of the molecule is C=C1CC2C[Si](C(C)C)(C(C)C)OCC2=C1C. The highest BCUT2D eigenvalue weighted by atomic mass is 28.4. The lowest BCUT2D eigenvalue weighted by molar-refractivity contribution is 0.274. The van der Waals surface area contributed by atoms with Gasteiger partial charge in [-0.05, 0) is 47.5 Å². The summed E-state index contributed by atoms with van der Waals surface area (Å²) in [4.78, 5) is 0. The molecule has 0 aromatic heterocycles. The first kappa shape index (κ1) is 13.1. The molecule has 0 radical (unpaired) electrons. The number of hydrogen-bond acceptors (Lipinski definition) is 1. The van der Waals surface area contributed by atoms with E-state index in [1.807, 2.05) is 0 Å². The second-order valence-corrected chi connectivity index (χ2v) is 11.3. The van der Waals surface area contributed by atoms with Gasteiger partial charge in [0.15, 0.2) is 8.32 Å². The summed E-state index contributed by atoms with van der Waals surface area (Å²) in [5.41, 5.74) is 5.78. The lowest BCUT2D eigenvalue weighted by atomic mass is 10.0. The zero-order chi connectivity index (χ0) is 12.8. The average molecular weight is 250 g/mol. The molecular weight excluding hydrogens is 224 g/mol. The Labute approximate surface area is 107 Å². The van der Waals surface area contributed by atoms with Gasteiger partial charge in [0.05, 0.1) is 6.61 Å². The third-order valence-electron chi connectivity index (χ3n) is 5.01. The van der Waals surface area contributed by atoms with E-state index < -0.39 is 8.32 Å². The van der Waals surface area contributed by atoms with E-state index in [1.54, 1.807) is 5.57 Å². The molecule has 0 N–H and O–H groups in total. The van der Waals surface area contributed by atoms with Crippen LogP contribution in [0.2, 0.25) is 17.1 Å². The fourth-order valence-electron chi connectivity index (χ4n) is 3.66. The summed E-state index contributed by atoms with van der Waals surface area (Å²) in [5, 5.41) is 0. The predicted molar refractivity (Wildman–Crippen MR) is 76.7 cm³/mol. The van der Waals surface area contributed by atoms with Crippen LogP contribution in [-0.2, 0) is 4.43 Å². The van der Waals surface area contributed by atoms with Gasteiger partial charge >= 0.3 is 0 Å². The van der Waals surface area contributed by atoms with Crippen molar-refractivity contribution >= 4 is 8.32 Å². The van der Waals surface area contributed by atoms with Gasteiger partial charge in [0.2, 0.25) is 0 Å². The molecule has 0 aromatic rings. The molecule has 96 valence electrons. The molecule has 1 heterocycles. The Balaban J connectivity index is 2.27. The van der Waals surface area contributed by atoms with Gasteiger partial charge in [-0.3, -0.25) is 0 Å². The summed E-state index contributed by atoms with van der Waals surface area (Å²) in [6.07, 6.45) is 1.19. The number of rotatable bonds is 2. The van der Waals surface area contributed by atoms with Crippen LogP contribution >= 0.6 is 0 Å². The quantitative estimate of drug-likeness (QED) is 0.647. The van der Waals surface area contributed by atoms with E-state index in [4.69, 9.17) is 4.43 Å². The van der Waals surface area contributed by atoms with Crippen molar-refractivity contribution in [2.45, 2.75) is 58.2 Å². The van der Waals surface area contributed by atoms with Crippen LogP contribution in [0.3, 0.4) is 0 Å². The highest BCUT2D eigenvalue weighted by Gasteiger charge is 2.48. The van der Waals surface area contributed by atoms with Crippen molar-refractivity contribution < 1.29 is 4.43 Å². The molecule has 0 spiro atoms. The minimum Gasteiger partial charge on any atom is -0.412 e. The van der Waals surface area contributed by atoms with Crippen LogP contribution in [-0.4, -0.2) is 14.9 Å². The molecule has 1 atom stereocenters. The maximum atomic E-state index is 6.46. The molecule has 1 fully saturated rings. The van der Waals surface area contributed by atoms with Crippen LogP contribution < -0.4 is 0 Å². The first-order valence-corrected chi connectivity index (χ1v) is 9.17. The summed E-state index contributed by atoms with van der Waals surface area (Å²) in [6.45, 7) is 16.7. The van der Waals surface area contributed by atoms with Crippen LogP contribution in [0.15, 0.2) is 23.3 Å². The van der Waals surface area contributed by atoms with Gasteiger partial charge in [0, 0.05) is 0 Å². The summed E-state index contributed by atoms with van der Waals surface area (Å²) in [5.74, 6) is 0.757. The van der Waals surface area contributed by atoms with Crippen molar-refractivity contribution in [3.8, 4) is 0 Å². The van der Waals surface area contributed by atoms with Gasteiger partial charge in [-0.1, -0.05) is 39.8 Å². The van der Waals surface area contributed by atoms with Crippen molar-refractivity contribution in [2.75, 3.05) is 6.61 Å². The molecule has 0 saturated carbocycles. The topological polar surface area (TPSA) is 9.23 Å². The van der Waals surface area contributed by atoms with Crippen molar-refractivity contribution in [3.63, 3.8) is 0 Å². The molecule has 0 bridgehead atoms. The van der Waals surface area contributed by atoms with E-state index in [0.717, 1.165) is 23.6 Å². The number of allylic oxidation sites excluding steroid dienone is 2. The lowest BCUT2D eigenvalue weighted by Crippen LogP contribution is -2.49. The van der Waals surface area contributed by atoms with Crippen LogP contribution in [0.1, 0.15) is 41.0 Å². The van der Waals surface area contributed by atoms with Crippen molar-refractivity contribution in [3.05, 3.63) is 23.3 Å². The Bertz CT molecular complexity index is 357. The molecule has 1 nitrogen and oxygen atoms in total. The molecule has 2 aliphatic rings. The zero-order valence-electron chi connectivity index (χ0n) is 12.0. The molecule has 2 heteroatoms. The lowest BCUT2D eigenvalue weighted by Gasteiger charge is -2.44. The monoisotopic (exact) mass is 250 g/mol. The van der Waals surface area contributed by atoms with E-state index in [-0.39, 0.29) is 0 Å². The fraction of sp³-hybridized carbons (Fsp3) is 0.733. The van der Waals surface area contributed by atoms with E-state index in [1.165, 1.54) is 23.6 Å². The summed E-state index contributed by atoms with van der Waals surface area (Å²) >= 11 is 0. The largest absolute Gasteiger partial charge is 0.412 e. The van der Waals surface area contributed by atoms with E-state index in [9.17, 15) is 0 Å². The van der Waals surface area contributed by atoms with Gasteiger partial charge in [-0.15, -0.1) is 0 Å². The van der Waals surface area contributed by atoms with Gasteiger partial charge in [-0.25, -0.2) is 0 Å². The molecular formula is C15H26OSi. The first-order chi connectivity index (χ1) is 7.88. The maximum Gasteiger partial charge on any atom is 0.198 e. The minimum absolute atomic E-state index is 0.721. The van der Waals surface area contributed by atoms with Gasteiger partial charge in [-0.2, -0.15) is 0 Å². The molecule has 0 aromatic carbocycles. The second kappa shape index (κ2) is 4.40. The Morgan fingerprint density at radius 3 is 2.35 bits per heavy atom. The molecule has 1 aliphatic heterocycles. The minimum atomic E-state index is -1.56. The van der Waals surface area contributed by atoms with Gasteiger partial charge in [0.25, 0.3) is 0 Å². The Morgan fingerprint density at radius 2 is 1.82 bits per heavy atom.